The number of rotatable bonds is 6. The number of benzene rings is 2. The second-order valence-corrected chi connectivity index (χ2v) is 5.48. The van der Waals surface area contributed by atoms with Gasteiger partial charge in [-0.3, -0.25) is 19.8 Å². The van der Waals surface area contributed by atoms with Gasteiger partial charge in [-0.05, 0) is 17.7 Å². The number of aliphatic carboxylic acids is 1. The standard InChI is InChI=1S/C17H13F3N2O6/c18-17(19,20)12-6-7-13(14(8-12)22(26)27)21(9-15(23)24)16(25)28-10-11-4-2-1-3-5-11/h1-8H,9-10H2,(H,23,24). The summed E-state index contributed by atoms with van der Waals surface area (Å²) in [7, 11) is 0. The van der Waals surface area contributed by atoms with Crippen molar-refractivity contribution in [3.63, 3.8) is 0 Å². The maximum atomic E-state index is 12.8. The lowest BCUT2D eigenvalue weighted by atomic mass is 10.1. The van der Waals surface area contributed by atoms with Crippen LogP contribution in [0.1, 0.15) is 11.1 Å². The molecule has 1 N–H and O–H groups in total. The third kappa shape index (κ3) is 5.19. The highest BCUT2D eigenvalue weighted by Gasteiger charge is 2.35. The summed E-state index contributed by atoms with van der Waals surface area (Å²) in [5.41, 5.74) is -2.45. The highest BCUT2D eigenvalue weighted by atomic mass is 19.4. The van der Waals surface area contributed by atoms with Crippen LogP contribution in [0.4, 0.5) is 29.3 Å². The van der Waals surface area contributed by atoms with Crippen molar-refractivity contribution in [1.82, 2.24) is 0 Å². The van der Waals surface area contributed by atoms with E-state index in [9.17, 15) is 32.9 Å². The lowest BCUT2D eigenvalue weighted by molar-refractivity contribution is -0.384. The molecule has 0 saturated heterocycles. The Kier molecular flexibility index (Phi) is 6.18. The van der Waals surface area contributed by atoms with E-state index in [2.05, 4.69) is 0 Å². The van der Waals surface area contributed by atoms with Crippen LogP contribution in [0, 0.1) is 10.1 Å². The summed E-state index contributed by atoms with van der Waals surface area (Å²) < 4.78 is 43.4. The normalized spacial score (nSPS) is 11.0. The quantitative estimate of drug-likeness (QED) is 0.585. The lowest BCUT2D eigenvalue weighted by Crippen LogP contribution is -2.36. The minimum absolute atomic E-state index is 0.231. The Balaban J connectivity index is 2.37. The molecule has 148 valence electrons. The molecular formula is C17H13F3N2O6. The molecule has 2 rings (SSSR count). The van der Waals surface area contributed by atoms with E-state index < -0.39 is 46.6 Å². The van der Waals surface area contributed by atoms with Gasteiger partial charge in [-0.1, -0.05) is 30.3 Å². The van der Waals surface area contributed by atoms with E-state index in [4.69, 9.17) is 9.84 Å². The number of carbonyl (C=O) groups is 2. The Bertz CT molecular complexity index is 886. The number of alkyl halides is 3. The molecule has 0 aliphatic carbocycles. The molecule has 2 aromatic rings. The zero-order valence-electron chi connectivity index (χ0n) is 14.0. The van der Waals surface area contributed by atoms with Crippen LogP contribution in [0.25, 0.3) is 0 Å². The number of nitro benzene ring substituents is 1. The smallest absolute Gasteiger partial charge is 0.416 e. The summed E-state index contributed by atoms with van der Waals surface area (Å²) >= 11 is 0. The molecule has 0 aromatic heterocycles. The van der Waals surface area contributed by atoms with Gasteiger partial charge < -0.3 is 9.84 Å². The first-order valence-corrected chi connectivity index (χ1v) is 7.65. The summed E-state index contributed by atoms with van der Waals surface area (Å²) in [5.74, 6) is -1.54. The molecule has 0 spiro atoms. The van der Waals surface area contributed by atoms with E-state index in [0.29, 0.717) is 22.6 Å². The molecule has 0 fully saturated rings. The fraction of sp³-hybridized carbons (Fsp3) is 0.176. The fourth-order valence-electron chi connectivity index (χ4n) is 2.25. The largest absolute Gasteiger partial charge is 0.480 e. The summed E-state index contributed by atoms with van der Waals surface area (Å²) in [6.45, 7) is -1.30. The molecule has 0 saturated carbocycles. The number of hydrogen-bond acceptors (Lipinski definition) is 5. The Morgan fingerprint density at radius 3 is 2.32 bits per heavy atom. The van der Waals surface area contributed by atoms with Gasteiger partial charge in [-0.2, -0.15) is 13.2 Å². The van der Waals surface area contributed by atoms with Crippen molar-refractivity contribution in [2.75, 3.05) is 11.4 Å². The second kappa shape index (κ2) is 8.37. The van der Waals surface area contributed by atoms with Gasteiger partial charge in [0.25, 0.3) is 5.69 Å². The van der Waals surface area contributed by atoms with E-state index in [-0.39, 0.29) is 12.7 Å². The molecule has 1 amide bonds. The first kappa shape index (κ1) is 20.7. The van der Waals surface area contributed by atoms with Crippen LogP contribution >= 0.6 is 0 Å². The Hall–Kier alpha value is -3.63. The summed E-state index contributed by atoms with van der Waals surface area (Å²) in [5, 5.41) is 20.2. The molecule has 8 nitrogen and oxygen atoms in total. The van der Waals surface area contributed by atoms with Crippen LogP contribution < -0.4 is 4.90 Å². The predicted molar refractivity (Wildman–Crippen MR) is 89.7 cm³/mol. The molecular weight excluding hydrogens is 385 g/mol. The van der Waals surface area contributed by atoms with Crippen LogP contribution in [0.5, 0.6) is 0 Å². The molecule has 0 aliphatic heterocycles. The summed E-state index contributed by atoms with van der Waals surface area (Å²) in [6, 6.07) is 9.69. The number of carboxylic acid groups (broad SMARTS) is 1. The molecule has 0 aliphatic rings. The zero-order valence-corrected chi connectivity index (χ0v) is 14.0. The summed E-state index contributed by atoms with van der Waals surface area (Å²) in [6.07, 6.45) is -6.11. The van der Waals surface area contributed by atoms with E-state index >= 15 is 0 Å². The van der Waals surface area contributed by atoms with Crippen molar-refractivity contribution in [1.29, 1.82) is 0 Å². The number of nitro groups is 1. The minimum atomic E-state index is -4.85. The fourth-order valence-corrected chi connectivity index (χ4v) is 2.25. The van der Waals surface area contributed by atoms with Gasteiger partial charge in [-0.25, -0.2) is 4.79 Å². The van der Waals surface area contributed by atoms with Gasteiger partial charge in [0.15, 0.2) is 0 Å². The van der Waals surface area contributed by atoms with Crippen LogP contribution in [-0.2, 0) is 22.3 Å². The van der Waals surface area contributed by atoms with Gasteiger partial charge in [0.1, 0.15) is 18.8 Å². The monoisotopic (exact) mass is 398 g/mol. The Morgan fingerprint density at radius 1 is 1.14 bits per heavy atom. The Morgan fingerprint density at radius 2 is 1.79 bits per heavy atom. The first-order valence-electron chi connectivity index (χ1n) is 7.65. The summed E-state index contributed by atoms with van der Waals surface area (Å²) in [4.78, 5) is 33.8. The number of carbonyl (C=O) groups excluding carboxylic acids is 1. The maximum Gasteiger partial charge on any atom is 0.416 e. The molecule has 0 bridgehead atoms. The zero-order chi connectivity index (χ0) is 20.9. The molecule has 0 heterocycles. The highest BCUT2D eigenvalue weighted by Crippen LogP contribution is 2.36. The SMILES string of the molecule is O=C(O)CN(C(=O)OCc1ccccc1)c1ccc(C(F)(F)F)cc1[N+](=O)[O-]. The van der Waals surface area contributed by atoms with Gasteiger partial charge in [0, 0.05) is 6.07 Å². The van der Waals surface area contributed by atoms with Crippen LogP contribution in [-0.4, -0.2) is 28.6 Å². The number of hydrogen-bond donors (Lipinski definition) is 1. The van der Waals surface area contributed by atoms with Crippen LogP contribution in [0.2, 0.25) is 0 Å². The number of amides is 1. The van der Waals surface area contributed by atoms with Crippen molar-refractivity contribution in [2.45, 2.75) is 12.8 Å². The van der Waals surface area contributed by atoms with Crippen molar-refractivity contribution in [3.05, 3.63) is 69.8 Å². The van der Waals surface area contributed by atoms with Crippen molar-refractivity contribution in [2.24, 2.45) is 0 Å². The topological polar surface area (TPSA) is 110 Å². The molecule has 0 radical (unpaired) electrons. The highest BCUT2D eigenvalue weighted by molar-refractivity contribution is 5.95. The van der Waals surface area contributed by atoms with E-state index in [0.717, 1.165) is 0 Å². The van der Waals surface area contributed by atoms with Crippen LogP contribution in [0.15, 0.2) is 48.5 Å². The second-order valence-electron chi connectivity index (χ2n) is 5.48. The molecule has 2 aromatic carbocycles. The first-order chi connectivity index (χ1) is 13.1. The van der Waals surface area contributed by atoms with Gasteiger partial charge in [0.05, 0.1) is 10.5 Å². The number of carboxylic acids is 1. The van der Waals surface area contributed by atoms with Crippen molar-refractivity contribution < 1.29 is 37.5 Å². The lowest BCUT2D eigenvalue weighted by Gasteiger charge is -2.21. The van der Waals surface area contributed by atoms with Gasteiger partial charge >= 0.3 is 18.2 Å². The average molecular weight is 398 g/mol. The maximum absolute atomic E-state index is 12.8. The number of anilines is 1. The molecule has 11 heteroatoms. The van der Waals surface area contributed by atoms with Crippen molar-refractivity contribution >= 4 is 23.4 Å². The third-order valence-corrected chi connectivity index (χ3v) is 3.51. The van der Waals surface area contributed by atoms with Crippen molar-refractivity contribution in [3.8, 4) is 0 Å². The molecule has 0 unspecified atom stereocenters. The van der Waals surface area contributed by atoms with Gasteiger partial charge in [-0.15, -0.1) is 0 Å². The third-order valence-electron chi connectivity index (χ3n) is 3.51. The molecule has 28 heavy (non-hydrogen) atoms. The number of halogens is 3. The van der Waals surface area contributed by atoms with E-state index in [1.54, 1.807) is 30.3 Å². The van der Waals surface area contributed by atoms with E-state index in [1.807, 2.05) is 0 Å². The molecule has 0 atom stereocenters. The van der Waals surface area contributed by atoms with Gasteiger partial charge in [0.2, 0.25) is 0 Å². The van der Waals surface area contributed by atoms with Crippen LogP contribution in [0.3, 0.4) is 0 Å². The number of nitrogens with zero attached hydrogens (tertiary/aromatic N) is 2. The van der Waals surface area contributed by atoms with E-state index in [1.165, 1.54) is 0 Å². The Labute approximate surface area is 155 Å². The minimum Gasteiger partial charge on any atom is -0.480 e. The average Bonchev–Trinajstić information content (AvgIpc) is 2.63. The number of ether oxygens (including phenoxy) is 1. The predicted octanol–water partition coefficient (Wildman–Crippen LogP) is 3.84.